The Bertz CT molecular complexity index is 604. The number of carbonyl (C=O) groups is 2. The Morgan fingerprint density at radius 2 is 2.05 bits per heavy atom. The van der Waals surface area contributed by atoms with E-state index in [0.29, 0.717) is 22.3 Å². The van der Waals surface area contributed by atoms with Crippen LogP contribution in [0.4, 0.5) is 0 Å². The molecule has 2 amide bonds. The molecule has 5 nitrogen and oxygen atoms in total. The van der Waals surface area contributed by atoms with Crippen molar-refractivity contribution in [2.45, 2.75) is 19.9 Å². The third kappa shape index (κ3) is 4.24. The average Bonchev–Trinajstić information content (AvgIpc) is 2.97. The molecule has 1 aliphatic rings. The van der Waals surface area contributed by atoms with E-state index in [1.165, 1.54) is 11.8 Å². The van der Waals surface area contributed by atoms with Gasteiger partial charge in [0, 0.05) is 5.75 Å². The van der Waals surface area contributed by atoms with Crippen LogP contribution in [0.1, 0.15) is 24.2 Å². The Hall–Kier alpha value is -1.53. The summed E-state index contributed by atoms with van der Waals surface area (Å²) in [4.78, 5) is 28.8. The van der Waals surface area contributed by atoms with E-state index in [-0.39, 0.29) is 17.7 Å². The lowest BCUT2D eigenvalue weighted by atomic mass is 10.0. The van der Waals surface area contributed by atoms with E-state index in [9.17, 15) is 9.59 Å². The summed E-state index contributed by atoms with van der Waals surface area (Å²) in [6.07, 6.45) is 0. The number of amides is 2. The Morgan fingerprint density at radius 3 is 2.64 bits per heavy atom. The lowest BCUT2D eigenvalue weighted by Crippen LogP contribution is -2.50. The average molecular weight is 340 g/mol. The van der Waals surface area contributed by atoms with Crippen LogP contribution in [0.5, 0.6) is 0 Å². The van der Waals surface area contributed by atoms with Gasteiger partial charge in [-0.3, -0.25) is 14.6 Å². The van der Waals surface area contributed by atoms with Gasteiger partial charge in [0.25, 0.3) is 5.91 Å². The minimum atomic E-state index is -0.646. The normalized spacial score (nSPS) is 15.4. The number of aliphatic imine (C=N–C) groups is 1. The van der Waals surface area contributed by atoms with E-state index in [1.807, 2.05) is 13.8 Å². The monoisotopic (exact) mass is 339 g/mol. The van der Waals surface area contributed by atoms with Gasteiger partial charge in [-0.1, -0.05) is 49.3 Å². The van der Waals surface area contributed by atoms with Gasteiger partial charge in [-0.15, -0.1) is 0 Å². The molecule has 0 bridgehead atoms. The molecular formula is C15H18ClN3O2S. The fourth-order valence-corrected chi connectivity index (χ4v) is 2.95. The van der Waals surface area contributed by atoms with Crippen LogP contribution in [0.2, 0.25) is 5.02 Å². The van der Waals surface area contributed by atoms with Crippen LogP contribution in [0.3, 0.4) is 0 Å². The lowest BCUT2D eigenvalue weighted by molar-refractivity contribution is -0.122. The number of benzene rings is 1. The van der Waals surface area contributed by atoms with Crippen molar-refractivity contribution in [3.63, 3.8) is 0 Å². The Balaban J connectivity index is 2.06. The summed E-state index contributed by atoms with van der Waals surface area (Å²) in [7, 11) is 0. The molecule has 0 radical (unpaired) electrons. The van der Waals surface area contributed by atoms with Crippen molar-refractivity contribution in [3.8, 4) is 0 Å². The second-order valence-corrected chi connectivity index (χ2v) is 6.69. The van der Waals surface area contributed by atoms with Crippen LogP contribution in [0.15, 0.2) is 29.3 Å². The molecule has 0 saturated carbocycles. The molecular weight excluding hydrogens is 322 g/mol. The fourth-order valence-electron chi connectivity index (χ4n) is 1.99. The van der Waals surface area contributed by atoms with E-state index < -0.39 is 6.04 Å². The molecule has 1 atom stereocenters. The first-order valence-corrected chi connectivity index (χ1v) is 8.39. The van der Waals surface area contributed by atoms with E-state index in [1.54, 1.807) is 24.3 Å². The minimum Gasteiger partial charge on any atom is -0.340 e. The van der Waals surface area contributed by atoms with Crippen molar-refractivity contribution in [1.29, 1.82) is 0 Å². The molecule has 0 saturated heterocycles. The maximum atomic E-state index is 12.3. The first-order valence-electron chi connectivity index (χ1n) is 7.02. The SMILES string of the molecule is CC(C)[C@H](NC(=O)c1ccccc1Cl)C(=O)NC1=NCCS1. The van der Waals surface area contributed by atoms with Gasteiger partial charge in [0.2, 0.25) is 5.91 Å². The van der Waals surface area contributed by atoms with Crippen molar-refractivity contribution >= 4 is 40.3 Å². The smallest absolute Gasteiger partial charge is 0.253 e. The Labute approximate surface area is 138 Å². The van der Waals surface area contributed by atoms with E-state index in [4.69, 9.17) is 11.6 Å². The fraction of sp³-hybridized carbons (Fsp3) is 0.400. The Morgan fingerprint density at radius 1 is 1.32 bits per heavy atom. The molecule has 118 valence electrons. The summed E-state index contributed by atoms with van der Waals surface area (Å²) in [6.45, 7) is 4.46. The molecule has 1 aromatic rings. The van der Waals surface area contributed by atoms with Gasteiger partial charge >= 0.3 is 0 Å². The minimum absolute atomic E-state index is 0.0570. The number of rotatable bonds is 4. The van der Waals surface area contributed by atoms with Crippen LogP contribution in [0, 0.1) is 5.92 Å². The highest BCUT2D eigenvalue weighted by Gasteiger charge is 2.26. The number of nitrogens with one attached hydrogen (secondary N) is 2. The predicted octanol–water partition coefficient (Wildman–Crippen LogP) is 2.31. The molecule has 1 aliphatic heterocycles. The van der Waals surface area contributed by atoms with Crippen molar-refractivity contribution in [2.24, 2.45) is 10.9 Å². The zero-order valence-electron chi connectivity index (χ0n) is 12.4. The summed E-state index contributed by atoms with van der Waals surface area (Å²) in [5, 5.41) is 6.48. The van der Waals surface area contributed by atoms with Crippen LogP contribution in [-0.4, -0.2) is 35.3 Å². The maximum Gasteiger partial charge on any atom is 0.253 e. The molecule has 0 unspecified atom stereocenters. The maximum absolute atomic E-state index is 12.3. The third-order valence-corrected chi connectivity index (χ3v) is 4.39. The zero-order chi connectivity index (χ0) is 16.1. The van der Waals surface area contributed by atoms with Gasteiger partial charge in [0.1, 0.15) is 6.04 Å². The second kappa shape index (κ2) is 7.65. The third-order valence-electron chi connectivity index (χ3n) is 3.17. The quantitative estimate of drug-likeness (QED) is 0.884. The largest absolute Gasteiger partial charge is 0.340 e. The highest BCUT2D eigenvalue weighted by atomic mass is 35.5. The first-order chi connectivity index (χ1) is 10.5. The van der Waals surface area contributed by atoms with E-state index in [2.05, 4.69) is 15.6 Å². The number of nitrogens with zero attached hydrogens (tertiary/aromatic N) is 1. The van der Waals surface area contributed by atoms with Gasteiger partial charge in [-0.05, 0) is 18.1 Å². The highest BCUT2D eigenvalue weighted by molar-refractivity contribution is 8.14. The predicted molar refractivity (Wildman–Crippen MR) is 90.4 cm³/mol. The van der Waals surface area contributed by atoms with Gasteiger partial charge < -0.3 is 10.6 Å². The molecule has 0 spiro atoms. The summed E-state index contributed by atoms with van der Waals surface area (Å²) in [5.74, 6) is 0.191. The molecule has 2 N–H and O–H groups in total. The molecule has 1 aromatic carbocycles. The zero-order valence-corrected chi connectivity index (χ0v) is 14.0. The number of carbonyl (C=O) groups excluding carboxylic acids is 2. The van der Waals surface area contributed by atoms with E-state index >= 15 is 0 Å². The molecule has 0 aliphatic carbocycles. The topological polar surface area (TPSA) is 70.6 Å². The molecule has 1 heterocycles. The van der Waals surface area contributed by atoms with E-state index in [0.717, 1.165) is 5.75 Å². The molecule has 2 rings (SSSR count). The molecule has 22 heavy (non-hydrogen) atoms. The lowest BCUT2D eigenvalue weighted by Gasteiger charge is -2.21. The van der Waals surface area contributed by atoms with Crippen molar-refractivity contribution in [2.75, 3.05) is 12.3 Å². The van der Waals surface area contributed by atoms with Crippen molar-refractivity contribution in [3.05, 3.63) is 34.9 Å². The van der Waals surface area contributed by atoms with Gasteiger partial charge in [-0.2, -0.15) is 0 Å². The summed E-state index contributed by atoms with van der Waals surface area (Å²) in [6, 6.07) is 6.11. The van der Waals surface area contributed by atoms with Crippen molar-refractivity contribution < 1.29 is 9.59 Å². The standard InChI is InChI=1S/C15H18ClN3O2S/c1-9(2)12(14(21)19-15-17-7-8-22-15)18-13(20)10-5-3-4-6-11(10)16/h3-6,9,12H,7-8H2,1-2H3,(H,18,20)(H,17,19,21)/t12-/m0/s1. The van der Waals surface area contributed by atoms with Crippen LogP contribution in [-0.2, 0) is 4.79 Å². The molecule has 0 aromatic heterocycles. The number of hydrogen-bond acceptors (Lipinski definition) is 4. The van der Waals surface area contributed by atoms with Crippen LogP contribution < -0.4 is 10.6 Å². The van der Waals surface area contributed by atoms with Gasteiger partial charge in [-0.25, -0.2) is 0 Å². The second-order valence-electron chi connectivity index (χ2n) is 5.20. The molecule has 0 fully saturated rings. The van der Waals surface area contributed by atoms with Crippen LogP contribution >= 0.6 is 23.4 Å². The van der Waals surface area contributed by atoms with Crippen molar-refractivity contribution in [1.82, 2.24) is 10.6 Å². The number of hydrogen-bond donors (Lipinski definition) is 2. The number of halogens is 1. The Kier molecular flexibility index (Phi) is 5.85. The molecule has 7 heteroatoms. The van der Waals surface area contributed by atoms with Gasteiger partial charge in [0.05, 0.1) is 17.1 Å². The first kappa shape index (κ1) is 16.8. The summed E-state index contributed by atoms with van der Waals surface area (Å²) >= 11 is 7.52. The van der Waals surface area contributed by atoms with Crippen LogP contribution in [0.25, 0.3) is 0 Å². The number of thioether (sulfide) groups is 1. The summed E-state index contributed by atoms with van der Waals surface area (Å²) < 4.78 is 0. The summed E-state index contributed by atoms with van der Waals surface area (Å²) in [5.41, 5.74) is 0.357. The number of amidine groups is 1. The highest BCUT2D eigenvalue weighted by Crippen LogP contribution is 2.16. The van der Waals surface area contributed by atoms with Gasteiger partial charge in [0.15, 0.2) is 5.17 Å².